The van der Waals surface area contributed by atoms with Gasteiger partial charge < -0.3 is 32.6 Å². The number of carbonyl (C=O) groups is 3. The molecule has 3 fully saturated rings. The number of ketones is 1. The number of rotatable bonds is 14. The van der Waals surface area contributed by atoms with Crippen LogP contribution in [0.15, 0.2) is 11.1 Å². The third kappa shape index (κ3) is 6.94. The summed E-state index contributed by atoms with van der Waals surface area (Å²) in [6.07, 6.45) is -3.72. The van der Waals surface area contributed by atoms with Crippen LogP contribution in [0.25, 0.3) is 0 Å². The van der Waals surface area contributed by atoms with Crippen molar-refractivity contribution in [1.82, 2.24) is 0 Å². The molecule has 9 atom stereocenters. The van der Waals surface area contributed by atoms with Gasteiger partial charge in [0.25, 0.3) is 0 Å². The van der Waals surface area contributed by atoms with Crippen LogP contribution in [-0.4, -0.2) is 96.1 Å². The molecule has 3 aliphatic carbocycles. The smallest absolute Gasteiger partial charge is 0.303 e. The van der Waals surface area contributed by atoms with Gasteiger partial charge in [0.1, 0.15) is 23.9 Å². The minimum absolute atomic E-state index is 0.00330. The zero-order chi connectivity index (χ0) is 39.5. The fourth-order valence-corrected chi connectivity index (χ4v) is 17.2. The maximum atomic E-state index is 16.4. The molecule has 10 nitrogen and oxygen atoms in total. The van der Waals surface area contributed by atoms with E-state index in [1.165, 1.54) is 13.8 Å². The lowest BCUT2D eigenvalue weighted by atomic mass is 9.44. The largest absolute Gasteiger partial charge is 0.459 e. The maximum absolute atomic E-state index is 16.4. The van der Waals surface area contributed by atoms with Crippen molar-refractivity contribution in [3.63, 3.8) is 0 Å². The van der Waals surface area contributed by atoms with Gasteiger partial charge in [-0.15, -0.1) is 0 Å². The summed E-state index contributed by atoms with van der Waals surface area (Å²) in [6.45, 7) is 29.7. The van der Waals surface area contributed by atoms with Crippen molar-refractivity contribution in [3.8, 4) is 0 Å². The van der Waals surface area contributed by atoms with Crippen molar-refractivity contribution in [1.29, 1.82) is 0 Å². The molecule has 4 aliphatic rings. The van der Waals surface area contributed by atoms with Crippen LogP contribution in [0.5, 0.6) is 0 Å². The van der Waals surface area contributed by atoms with Gasteiger partial charge >= 0.3 is 11.9 Å². The van der Waals surface area contributed by atoms with Gasteiger partial charge in [-0.2, -0.15) is 0 Å². The van der Waals surface area contributed by atoms with E-state index in [0.29, 0.717) is 12.0 Å². The Labute approximate surface area is 316 Å². The molecule has 13 heteroatoms. The Balaban J connectivity index is 2.22. The number of hydrogen-bond donors (Lipinski definition) is 1. The number of aliphatic hydroxyl groups is 1. The molecule has 0 spiro atoms. The van der Waals surface area contributed by atoms with Crippen molar-refractivity contribution >= 4 is 42.7 Å². The lowest BCUT2D eigenvalue weighted by Gasteiger charge is -2.68. The molecule has 0 aromatic carbocycles. The van der Waals surface area contributed by atoms with E-state index in [2.05, 4.69) is 61.2 Å². The summed E-state index contributed by atoms with van der Waals surface area (Å²) in [5, 5.41) is 13.7. The van der Waals surface area contributed by atoms with E-state index < -0.39 is 95.4 Å². The monoisotopic (exact) mass is 782 g/mol. The normalized spacial score (nSPS) is 36.2. The molecule has 0 aromatic rings. The Morgan fingerprint density at radius 2 is 1.37 bits per heavy atom. The highest BCUT2D eigenvalue weighted by atomic mass is 28.4. The molecule has 52 heavy (non-hydrogen) atoms. The van der Waals surface area contributed by atoms with E-state index in [4.69, 9.17) is 27.5 Å². The van der Waals surface area contributed by atoms with Gasteiger partial charge in [0.15, 0.2) is 36.3 Å². The summed E-state index contributed by atoms with van der Waals surface area (Å²) in [5.41, 5.74) is -4.10. The summed E-state index contributed by atoms with van der Waals surface area (Å²) in [5.74, 6) is -2.31. The van der Waals surface area contributed by atoms with Crippen molar-refractivity contribution < 1.29 is 47.0 Å². The first kappa shape index (κ1) is 43.5. The van der Waals surface area contributed by atoms with E-state index in [1.807, 2.05) is 27.7 Å². The van der Waals surface area contributed by atoms with Gasteiger partial charge in [0, 0.05) is 32.1 Å². The van der Waals surface area contributed by atoms with Crippen LogP contribution in [0.4, 0.5) is 0 Å². The Bertz CT molecular complexity index is 1380. The quantitative estimate of drug-likeness (QED) is 0.106. The summed E-state index contributed by atoms with van der Waals surface area (Å²) < 4.78 is 40.8. The van der Waals surface area contributed by atoms with Gasteiger partial charge in [0.2, 0.25) is 0 Å². The summed E-state index contributed by atoms with van der Waals surface area (Å²) in [6, 6.07) is 5.01. The average molecular weight is 783 g/mol. The van der Waals surface area contributed by atoms with Crippen LogP contribution in [-0.2, 0) is 41.9 Å². The second kappa shape index (κ2) is 15.0. The van der Waals surface area contributed by atoms with E-state index in [0.717, 1.165) is 41.8 Å². The molecule has 2 bridgehead atoms. The van der Waals surface area contributed by atoms with Gasteiger partial charge in [-0.25, -0.2) is 0 Å². The Morgan fingerprint density at radius 3 is 1.79 bits per heavy atom. The molecule has 0 radical (unpaired) electrons. The summed E-state index contributed by atoms with van der Waals surface area (Å²) >= 11 is 0. The number of fused-ring (bicyclic) bond motifs is 5. The number of ether oxygens (including phenoxy) is 3. The molecule has 4 rings (SSSR count). The highest BCUT2D eigenvalue weighted by molar-refractivity contribution is 6.74. The molecule has 0 aromatic heterocycles. The third-order valence-electron chi connectivity index (χ3n) is 14.0. The lowest BCUT2D eigenvalue weighted by Crippen LogP contribution is -2.82. The topological polar surface area (TPSA) is 127 Å². The van der Waals surface area contributed by atoms with E-state index in [1.54, 1.807) is 0 Å². The zero-order valence-corrected chi connectivity index (χ0v) is 37.9. The zero-order valence-electron chi connectivity index (χ0n) is 34.9. The average Bonchev–Trinajstić information content (AvgIpc) is 3.05. The first-order valence-electron chi connectivity index (χ1n) is 20.0. The van der Waals surface area contributed by atoms with Crippen molar-refractivity contribution in [3.05, 3.63) is 11.1 Å². The molecule has 2 saturated carbocycles. The van der Waals surface area contributed by atoms with E-state index >= 15 is 4.79 Å². The Kier molecular flexibility index (Phi) is 12.6. The molecule has 1 N–H and O–H groups in total. The van der Waals surface area contributed by atoms with Crippen LogP contribution in [0.2, 0.25) is 55.9 Å². The molecule has 1 saturated heterocycles. The Hall–Kier alpha value is -1.20. The Morgan fingerprint density at radius 1 is 0.846 bits per heavy atom. The summed E-state index contributed by atoms with van der Waals surface area (Å²) in [7, 11) is -7.12. The standard InChI is InChI=1S/C39H70O10Si3/c1-16-51(17-2,18-3)48-29-22-30-38(24-44-30,46-27(9)41)33-35(45-26(8)40)39(43)23-28(47-50(13,14)15)25(7)31(36(39,10)11)32(34(42)37(29,33)12)49-52(19-4,20-5)21-6/h28-30,32-33,35,43H,16-24H2,1-15H3/t28-,29-,30+,32+,33?,35-,37+,38-,39+/m0/s1. The minimum atomic E-state index is -2.51. The first-order chi connectivity index (χ1) is 24.0. The van der Waals surface area contributed by atoms with Crippen LogP contribution in [0.3, 0.4) is 0 Å². The van der Waals surface area contributed by atoms with Gasteiger partial charge in [-0.1, -0.05) is 55.4 Å². The second-order valence-corrected chi connectivity index (χ2v) is 31.8. The lowest BCUT2D eigenvalue weighted by molar-refractivity contribution is -0.345. The van der Waals surface area contributed by atoms with Crippen LogP contribution in [0, 0.1) is 16.7 Å². The van der Waals surface area contributed by atoms with Crippen LogP contribution < -0.4 is 0 Å². The van der Waals surface area contributed by atoms with Gasteiger partial charge in [-0.05, 0) is 80.9 Å². The van der Waals surface area contributed by atoms with Crippen LogP contribution in [0.1, 0.15) is 95.9 Å². The fraction of sp³-hybridized carbons (Fsp3) is 0.872. The van der Waals surface area contributed by atoms with Crippen molar-refractivity contribution in [2.45, 2.75) is 194 Å². The summed E-state index contributed by atoms with van der Waals surface area (Å²) in [4.78, 5) is 42.9. The first-order valence-corrected chi connectivity index (χ1v) is 28.4. The predicted octanol–water partition coefficient (Wildman–Crippen LogP) is 7.71. The van der Waals surface area contributed by atoms with Gasteiger partial charge in [-0.3, -0.25) is 14.4 Å². The number of hydrogen-bond acceptors (Lipinski definition) is 10. The molecule has 1 aliphatic heterocycles. The molecule has 0 amide bonds. The SMILES string of the molecule is CC[Si](CC)(CC)O[C@H]1C(=O)[C@@]2(C)C([C@H](OC(C)=O)[C@]3(O)C[C@H](O[Si](C)(C)C)C(C)=C1C3(C)C)[C@]1(OC(C)=O)CO[C@@H]1C[C@@H]2O[Si](CC)(CC)CC. The number of esters is 2. The maximum Gasteiger partial charge on any atom is 0.303 e. The fourth-order valence-electron chi connectivity index (χ4n) is 10.4. The van der Waals surface area contributed by atoms with E-state index in [9.17, 15) is 14.7 Å². The second-order valence-electron chi connectivity index (χ2n) is 17.9. The van der Waals surface area contributed by atoms with Crippen LogP contribution >= 0.6 is 0 Å². The minimum Gasteiger partial charge on any atom is -0.459 e. The van der Waals surface area contributed by atoms with E-state index in [-0.39, 0.29) is 18.8 Å². The van der Waals surface area contributed by atoms with Crippen molar-refractivity contribution in [2.75, 3.05) is 6.61 Å². The molecular formula is C39H70O10Si3. The molecule has 1 heterocycles. The molecule has 298 valence electrons. The number of Topliss-reactive ketones (excluding diaryl/α,β-unsaturated/α-hetero) is 1. The molecular weight excluding hydrogens is 713 g/mol. The highest BCUT2D eigenvalue weighted by Crippen LogP contribution is 2.65. The van der Waals surface area contributed by atoms with Gasteiger partial charge in [0.05, 0.1) is 30.1 Å². The number of carbonyl (C=O) groups excluding carboxylic acids is 3. The predicted molar refractivity (Wildman–Crippen MR) is 209 cm³/mol. The highest BCUT2D eigenvalue weighted by Gasteiger charge is 2.78. The molecule has 1 unspecified atom stereocenters. The third-order valence-corrected chi connectivity index (χ3v) is 24.3. The van der Waals surface area contributed by atoms with Crippen molar-refractivity contribution in [2.24, 2.45) is 16.7 Å².